The number of aromatic hydroxyl groups is 1. The first-order chi connectivity index (χ1) is 15.2. The average Bonchev–Trinajstić information content (AvgIpc) is 3.13. The number of hydrogen-bond donors (Lipinski definition) is 3. The van der Waals surface area contributed by atoms with E-state index in [-0.39, 0.29) is 30.5 Å². The first-order valence-electron chi connectivity index (χ1n) is 10.4. The molecule has 0 bridgehead atoms. The molecule has 4 rings (SSSR count). The summed E-state index contributed by atoms with van der Waals surface area (Å²) in [5, 5.41) is 15.3. The van der Waals surface area contributed by atoms with E-state index >= 15 is 0 Å². The number of benzene rings is 1. The van der Waals surface area contributed by atoms with E-state index in [4.69, 9.17) is 4.74 Å². The Kier molecular flexibility index (Phi) is 5.96. The van der Waals surface area contributed by atoms with Gasteiger partial charge in [0.15, 0.2) is 11.4 Å². The van der Waals surface area contributed by atoms with Crippen LogP contribution in [0.15, 0.2) is 29.2 Å². The van der Waals surface area contributed by atoms with E-state index in [1.165, 1.54) is 16.8 Å². The normalized spacial score (nSPS) is 22.3. The molecule has 1 fully saturated rings. The first kappa shape index (κ1) is 21.9. The highest BCUT2D eigenvalue weighted by atomic mass is 19.1. The van der Waals surface area contributed by atoms with Gasteiger partial charge in [-0.3, -0.25) is 14.4 Å². The molecule has 1 unspecified atom stereocenters. The monoisotopic (exact) mass is 447 g/mol. The lowest BCUT2D eigenvalue weighted by Gasteiger charge is -2.31. The van der Waals surface area contributed by atoms with Gasteiger partial charge < -0.3 is 25.0 Å². The lowest BCUT2D eigenvalue weighted by molar-refractivity contribution is -0.0519. The summed E-state index contributed by atoms with van der Waals surface area (Å²) >= 11 is 0. The van der Waals surface area contributed by atoms with Gasteiger partial charge in [0.1, 0.15) is 23.4 Å². The Morgan fingerprint density at radius 2 is 2.09 bits per heavy atom. The molecular weight excluding hydrogens is 424 g/mol. The van der Waals surface area contributed by atoms with Gasteiger partial charge in [0, 0.05) is 24.4 Å². The van der Waals surface area contributed by atoms with Crippen LogP contribution in [0.3, 0.4) is 0 Å². The highest BCUT2D eigenvalue weighted by Gasteiger charge is 2.34. The molecule has 2 heterocycles. The number of carbonyl (C=O) groups is 2. The highest BCUT2D eigenvalue weighted by Crippen LogP contribution is 2.29. The summed E-state index contributed by atoms with van der Waals surface area (Å²) in [5.41, 5.74) is -1.65. The van der Waals surface area contributed by atoms with Crippen molar-refractivity contribution in [2.75, 3.05) is 0 Å². The van der Waals surface area contributed by atoms with Gasteiger partial charge in [0.05, 0.1) is 12.6 Å². The number of pyridine rings is 1. The average molecular weight is 447 g/mol. The number of nitrogens with zero attached hydrogens (tertiary/aromatic N) is 1. The SMILES string of the molecule is CC1CCC[C@H]1O[C@H]1Cn2cc(C(=O)NCc3ccc(F)cc3F)c(=O)c(O)c2C(=O)N1. The summed E-state index contributed by atoms with van der Waals surface area (Å²) in [7, 11) is 0. The molecule has 1 aliphatic carbocycles. The van der Waals surface area contributed by atoms with Crippen LogP contribution >= 0.6 is 0 Å². The molecule has 1 saturated carbocycles. The molecular formula is C22H23F2N3O5. The summed E-state index contributed by atoms with van der Waals surface area (Å²) in [5.74, 6) is -3.63. The minimum absolute atomic E-state index is 0.0109. The smallest absolute Gasteiger partial charge is 0.273 e. The molecule has 1 aromatic heterocycles. The van der Waals surface area contributed by atoms with E-state index in [1.54, 1.807) is 0 Å². The summed E-state index contributed by atoms with van der Waals surface area (Å²) < 4.78 is 34.2. The minimum Gasteiger partial charge on any atom is -0.503 e. The minimum atomic E-state index is -1.02. The van der Waals surface area contributed by atoms with Crippen molar-refractivity contribution >= 4 is 11.8 Å². The van der Waals surface area contributed by atoms with Crippen molar-refractivity contribution < 1.29 is 28.2 Å². The zero-order chi connectivity index (χ0) is 23.0. The third-order valence-electron chi connectivity index (χ3n) is 5.95. The van der Waals surface area contributed by atoms with Crippen molar-refractivity contribution in [3.05, 3.63) is 63.1 Å². The molecule has 0 saturated heterocycles. The van der Waals surface area contributed by atoms with Crippen LogP contribution in [0.1, 0.15) is 52.6 Å². The lowest BCUT2D eigenvalue weighted by atomic mass is 10.1. The summed E-state index contributed by atoms with van der Waals surface area (Å²) in [6.07, 6.45) is 3.45. The molecule has 0 radical (unpaired) electrons. The van der Waals surface area contributed by atoms with Crippen LogP contribution in [-0.4, -0.2) is 33.8 Å². The van der Waals surface area contributed by atoms with E-state index in [2.05, 4.69) is 17.6 Å². The molecule has 10 heteroatoms. The van der Waals surface area contributed by atoms with Crippen LogP contribution in [0.25, 0.3) is 0 Å². The molecule has 2 aliphatic rings. The number of amides is 2. The zero-order valence-electron chi connectivity index (χ0n) is 17.4. The number of fused-ring (bicyclic) bond motifs is 1. The predicted molar refractivity (Wildman–Crippen MR) is 109 cm³/mol. The number of aromatic nitrogens is 1. The van der Waals surface area contributed by atoms with E-state index in [0.29, 0.717) is 12.0 Å². The Morgan fingerprint density at radius 3 is 2.78 bits per heavy atom. The van der Waals surface area contributed by atoms with E-state index in [9.17, 15) is 28.3 Å². The summed E-state index contributed by atoms with van der Waals surface area (Å²) in [6.45, 7) is 1.88. The second kappa shape index (κ2) is 8.70. The molecule has 8 nitrogen and oxygen atoms in total. The van der Waals surface area contributed by atoms with Crippen molar-refractivity contribution in [1.29, 1.82) is 0 Å². The Balaban J connectivity index is 1.54. The first-order valence-corrected chi connectivity index (χ1v) is 10.4. The number of rotatable bonds is 5. The van der Waals surface area contributed by atoms with Gasteiger partial charge in [-0.1, -0.05) is 19.4 Å². The molecule has 0 spiro atoms. The van der Waals surface area contributed by atoms with Gasteiger partial charge in [0.25, 0.3) is 11.8 Å². The van der Waals surface area contributed by atoms with Crippen molar-refractivity contribution in [1.82, 2.24) is 15.2 Å². The van der Waals surface area contributed by atoms with Crippen LogP contribution in [0, 0.1) is 17.6 Å². The number of hydrogen-bond acceptors (Lipinski definition) is 5. The van der Waals surface area contributed by atoms with Crippen LogP contribution < -0.4 is 16.1 Å². The second-order valence-corrected chi connectivity index (χ2v) is 8.18. The highest BCUT2D eigenvalue weighted by molar-refractivity contribution is 5.99. The number of carbonyl (C=O) groups excluding carboxylic acids is 2. The fraction of sp³-hybridized carbons (Fsp3) is 0.409. The maximum Gasteiger partial charge on any atom is 0.273 e. The fourth-order valence-electron chi connectivity index (χ4n) is 4.17. The van der Waals surface area contributed by atoms with E-state index in [1.807, 2.05) is 0 Å². The van der Waals surface area contributed by atoms with Gasteiger partial charge in [-0.25, -0.2) is 8.78 Å². The Labute approximate surface area is 182 Å². The predicted octanol–water partition coefficient (Wildman–Crippen LogP) is 2.04. The Morgan fingerprint density at radius 1 is 1.31 bits per heavy atom. The van der Waals surface area contributed by atoms with E-state index in [0.717, 1.165) is 25.3 Å². The molecule has 3 N–H and O–H groups in total. The standard InChI is InChI=1S/C22H23F2N3O5/c1-11-3-2-4-16(11)32-17-10-27-9-14(19(28)20(29)18(27)22(31)26-17)21(30)25-8-12-5-6-13(23)7-15(12)24/h5-7,9,11,16-17,29H,2-4,8,10H2,1H3,(H,25,30)(H,26,31)/t11?,16-,17+/m1/s1. The van der Waals surface area contributed by atoms with Crippen molar-refractivity contribution in [3.8, 4) is 5.75 Å². The maximum absolute atomic E-state index is 13.8. The largest absolute Gasteiger partial charge is 0.503 e. The van der Waals surface area contributed by atoms with Crippen molar-refractivity contribution in [2.24, 2.45) is 5.92 Å². The Hall–Kier alpha value is -3.27. The topological polar surface area (TPSA) is 110 Å². The van der Waals surface area contributed by atoms with E-state index < -0.39 is 46.4 Å². The molecule has 3 atom stereocenters. The quantitative estimate of drug-likeness (QED) is 0.650. The fourth-order valence-corrected chi connectivity index (χ4v) is 4.17. The molecule has 170 valence electrons. The molecule has 2 aromatic rings. The number of ether oxygens (including phenoxy) is 1. The zero-order valence-corrected chi connectivity index (χ0v) is 17.4. The van der Waals surface area contributed by atoms with Crippen LogP contribution in [0.2, 0.25) is 0 Å². The molecule has 1 aliphatic heterocycles. The van der Waals surface area contributed by atoms with Gasteiger partial charge in [0.2, 0.25) is 5.43 Å². The van der Waals surface area contributed by atoms with Crippen molar-refractivity contribution in [2.45, 2.75) is 51.6 Å². The molecule has 32 heavy (non-hydrogen) atoms. The number of halogens is 2. The van der Waals surface area contributed by atoms with Gasteiger partial charge >= 0.3 is 0 Å². The number of nitrogens with one attached hydrogen (secondary N) is 2. The van der Waals surface area contributed by atoms with Gasteiger partial charge in [-0.2, -0.15) is 0 Å². The van der Waals surface area contributed by atoms with Crippen LogP contribution in [0.4, 0.5) is 8.78 Å². The summed E-state index contributed by atoms with van der Waals surface area (Å²) in [6, 6.07) is 2.91. The van der Waals surface area contributed by atoms with Crippen LogP contribution in [0.5, 0.6) is 5.75 Å². The van der Waals surface area contributed by atoms with Crippen molar-refractivity contribution in [3.63, 3.8) is 0 Å². The van der Waals surface area contributed by atoms with Gasteiger partial charge in [-0.05, 0) is 24.8 Å². The lowest BCUT2D eigenvalue weighted by Crippen LogP contribution is -2.49. The second-order valence-electron chi connectivity index (χ2n) is 8.18. The maximum atomic E-state index is 13.8. The third-order valence-corrected chi connectivity index (χ3v) is 5.95. The molecule has 2 amide bonds. The summed E-state index contributed by atoms with van der Waals surface area (Å²) in [4.78, 5) is 37.6. The Bertz CT molecular complexity index is 1130. The molecule has 1 aromatic carbocycles. The van der Waals surface area contributed by atoms with Crippen LogP contribution in [-0.2, 0) is 17.8 Å². The van der Waals surface area contributed by atoms with Gasteiger partial charge in [-0.15, -0.1) is 0 Å². The third kappa shape index (κ3) is 4.22.